The van der Waals surface area contributed by atoms with Crippen LogP contribution >= 0.6 is 35.0 Å². The number of aromatic nitrogens is 3. The molecule has 1 amide bonds. The molecule has 9 heteroatoms. The third-order valence-corrected chi connectivity index (χ3v) is 9.79. The van der Waals surface area contributed by atoms with Gasteiger partial charge in [-0.1, -0.05) is 79.7 Å². The van der Waals surface area contributed by atoms with Crippen molar-refractivity contribution >= 4 is 40.9 Å². The van der Waals surface area contributed by atoms with Crippen molar-refractivity contribution in [3.8, 4) is 5.69 Å². The summed E-state index contributed by atoms with van der Waals surface area (Å²) in [6.45, 7) is 4.98. The van der Waals surface area contributed by atoms with Gasteiger partial charge in [0.2, 0.25) is 5.91 Å². The molecule has 0 bridgehead atoms. The minimum atomic E-state index is -0.0765. The Morgan fingerprint density at radius 2 is 2.00 bits per heavy atom. The Morgan fingerprint density at radius 3 is 2.73 bits per heavy atom. The zero-order chi connectivity index (χ0) is 28.9. The maximum absolute atomic E-state index is 13.1. The van der Waals surface area contributed by atoms with E-state index in [1.165, 1.54) is 0 Å². The van der Waals surface area contributed by atoms with Crippen LogP contribution in [-0.4, -0.2) is 55.2 Å². The van der Waals surface area contributed by atoms with Gasteiger partial charge < -0.3 is 10.0 Å². The quantitative estimate of drug-likeness (QED) is 0.198. The van der Waals surface area contributed by atoms with E-state index in [-0.39, 0.29) is 35.1 Å². The summed E-state index contributed by atoms with van der Waals surface area (Å²) in [5.41, 5.74) is 4.14. The fraction of sp³-hybridized carbons (Fsp3) is 0.406. The second-order valence-electron chi connectivity index (χ2n) is 10.8. The number of amides is 1. The molecule has 0 saturated carbocycles. The minimum Gasteiger partial charge on any atom is -0.394 e. The van der Waals surface area contributed by atoms with Crippen molar-refractivity contribution in [2.75, 3.05) is 13.2 Å². The molecule has 2 aliphatic rings. The molecular weight excluding hydrogens is 575 g/mol. The van der Waals surface area contributed by atoms with Gasteiger partial charge >= 0.3 is 0 Å². The third-order valence-electron chi connectivity index (χ3n) is 7.74. The first-order valence-corrected chi connectivity index (χ1v) is 16.0. The van der Waals surface area contributed by atoms with E-state index in [4.69, 9.17) is 23.2 Å². The summed E-state index contributed by atoms with van der Waals surface area (Å²) in [6.07, 6.45) is 10.2. The number of hydrogen-bond acceptors (Lipinski definition) is 5. The summed E-state index contributed by atoms with van der Waals surface area (Å²) in [7, 11) is 0. The Bertz CT molecular complexity index is 1420. The molecule has 1 N–H and O–H groups in total. The summed E-state index contributed by atoms with van der Waals surface area (Å²) >= 11 is 14.4. The van der Waals surface area contributed by atoms with Crippen LogP contribution in [0.2, 0.25) is 5.02 Å². The van der Waals surface area contributed by atoms with Crippen molar-refractivity contribution in [2.45, 2.75) is 67.8 Å². The summed E-state index contributed by atoms with van der Waals surface area (Å²) in [6, 6.07) is 16.0. The van der Waals surface area contributed by atoms with Crippen LogP contribution in [0.15, 0.2) is 77.5 Å². The Labute approximate surface area is 256 Å². The summed E-state index contributed by atoms with van der Waals surface area (Å²) < 4.78 is 2.12. The lowest BCUT2D eigenvalue weighted by atomic mass is 9.93. The van der Waals surface area contributed by atoms with Gasteiger partial charge in [-0.2, -0.15) is 0 Å². The molecule has 2 heterocycles. The smallest absolute Gasteiger partial charge is 0.227 e. The van der Waals surface area contributed by atoms with Gasteiger partial charge in [-0.3, -0.25) is 9.36 Å². The zero-order valence-corrected chi connectivity index (χ0v) is 25.7. The first-order valence-electron chi connectivity index (χ1n) is 14.3. The van der Waals surface area contributed by atoms with Crippen LogP contribution in [-0.2, 0) is 17.6 Å². The van der Waals surface area contributed by atoms with Crippen molar-refractivity contribution in [1.82, 2.24) is 19.7 Å². The number of alkyl halides is 1. The fourth-order valence-corrected chi connectivity index (χ4v) is 7.01. The van der Waals surface area contributed by atoms with Crippen molar-refractivity contribution in [1.29, 1.82) is 0 Å². The van der Waals surface area contributed by atoms with E-state index < -0.39 is 0 Å². The van der Waals surface area contributed by atoms with Crippen LogP contribution < -0.4 is 0 Å². The molecule has 6 nitrogen and oxygen atoms in total. The first-order chi connectivity index (χ1) is 19.9. The predicted molar refractivity (Wildman–Crippen MR) is 167 cm³/mol. The average molecular weight is 612 g/mol. The van der Waals surface area contributed by atoms with Crippen molar-refractivity contribution in [2.24, 2.45) is 5.92 Å². The number of nitrogens with zero attached hydrogens (tertiary/aromatic N) is 4. The van der Waals surface area contributed by atoms with Gasteiger partial charge in [0.1, 0.15) is 5.82 Å². The number of aliphatic hydroxyl groups excluding tert-OH is 1. The molecule has 1 aromatic heterocycles. The van der Waals surface area contributed by atoms with Crippen LogP contribution in [0.4, 0.5) is 0 Å². The minimum absolute atomic E-state index is 0.0121. The number of aliphatic hydroxyl groups is 1. The number of aryl methyl sites for hydroxylation is 1. The normalized spacial score (nSPS) is 21.2. The van der Waals surface area contributed by atoms with E-state index in [0.717, 1.165) is 59.1 Å². The second-order valence-corrected chi connectivity index (χ2v) is 12.8. The maximum atomic E-state index is 13.1. The third kappa shape index (κ3) is 6.91. The van der Waals surface area contributed by atoms with Crippen molar-refractivity contribution in [3.05, 3.63) is 94.3 Å². The lowest BCUT2D eigenvalue weighted by molar-refractivity contribution is -0.131. The van der Waals surface area contributed by atoms with E-state index in [1.54, 1.807) is 11.8 Å². The fourth-order valence-electron chi connectivity index (χ4n) is 5.53. The summed E-state index contributed by atoms with van der Waals surface area (Å²) in [4.78, 5) is 14.9. The van der Waals surface area contributed by atoms with Gasteiger partial charge in [0.05, 0.1) is 29.7 Å². The monoisotopic (exact) mass is 610 g/mol. The van der Waals surface area contributed by atoms with Gasteiger partial charge in [0.25, 0.3) is 0 Å². The molecule has 1 fully saturated rings. The second kappa shape index (κ2) is 13.6. The summed E-state index contributed by atoms with van der Waals surface area (Å²) in [5, 5.41) is 20.4. The van der Waals surface area contributed by atoms with Crippen molar-refractivity contribution < 1.29 is 9.90 Å². The number of likely N-dealkylation sites (tertiary alicyclic amines) is 1. The van der Waals surface area contributed by atoms with E-state index in [1.807, 2.05) is 35.2 Å². The number of carbonyl (C=O) groups is 1. The topological polar surface area (TPSA) is 71.2 Å². The maximum Gasteiger partial charge on any atom is 0.227 e. The largest absolute Gasteiger partial charge is 0.394 e. The molecule has 41 heavy (non-hydrogen) atoms. The highest BCUT2D eigenvalue weighted by Crippen LogP contribution is 2.43. The van der Waals surface area contributed by atoms with Crippen LogP contribution in [0.1, 0.15) is 55.3 Å². The number of allylic oxidation sites excluding steroid dienone is 3. The van der Waals surface area contributed by atoms with Gasteiger partial charge in [0, 0.05) is 23.7 Å². The van der Waals surface area contributed by atoms with Crippen LogP contribution in [0.3, 0.4) is 0 Å². The highest BCUT2D eigenvalue weighted by Gasteiger charge is 2.29. The molecule has 1 saturated heterocycles. The Morgan fingerprint density at radius 1 is 1.20 bits per heavy atom. The molecule has 3 aromatic rings. The average Bonchev–Trinajstić information content (AvgIpc) is 3.61. The molecule has 5 rings (SSSR count). The van der Waals surface area contributed by atoms with Crippen LogP contribution in [0, 0.1) is 5.92 Å². The van der Waals surface area contributed by atoms with E-state index in [2.05, 4.69) is 65.0 Å². The molecule has 2 unspecified atom stereocenters. The van der Waals surface area contributed by atoms with Gasteiger partial charge in [0.15, 0.2) is 5.16 Å². The number of thioether (sulfide) groups is 1. The molecule has 1 aliphatic carbocycles. The van der Waals surface area contributed by atoms with E-state index >= 15 is 0 Å². The van der Waals surface area contributed by atoms with Crippen LogP contribution in [0.5, 0.6) is 0 Å². The molecular formula is C32H36Cl2N4O2S. The first kappa shape index (κ1) is 29.9. The van der Waals surface area contributed by atoms with E-state index in [9.17, 15) is 9.90 Å². The molecule has 216 valence electrons. The number of hydrogen-bond donors (Lipinski definition) is 1. The van der Waals surface area contributed by atoms with E-state index in [0.29, 0.717) is 18.0 Å². The van der Waals surface area contributed by atoms with Gasteiger partial charge in [-0.25, -0.2) is 0 Å². The molecule has 0 radical (unpaired) electrons. The zero-order valence-electron chi connectivity index (χ0n) is 23.4. The Kier molecular flexibility index (Phi) is 9.91. The molecule has 2 aromatic carbocycles. The highest BCUT2D eigenvalue weighted by atomic mass is 35.5. The van der Waals surface area contributed by atoms with Gasteiger partial charge in [-0.05, 0) is 66.1 Å². The SMILES string of the molecule is CCCc1nnc(SC(C2=C[C@@H](C)C(Cl)C=C2)c2ccc(Cl)cc2)n1-c1cccc(CC(=O)N2CCC[C@H]2CO)c1. The number of halogens is 2. The Hall–Kier alpha value is -2.58. The number of rotatable bonds is 10. The predicted octanol–water partition coefficient (Wildman–Crippen LogP) is 6.97. The standard InChI is InChI=1S/C32H36Cl2N4O2S/c1-3-6-29-35-36-32(41-31(23-10-13-25(33)14-11-23)24-12-15-28(34)21(2)17-24)38(29)26-8-4-7-22(18-26)19-30(40)37-16-5-9-27(37)20-39/h4,7-8,10-15,17-18,21,27-28,31,39H,3,5-6,9,16,19-20H2,1-2H3/t21-,27+,28?,31?/m1/s1. The lowest BCUT2D eigenvalue weighted by Gasteiger charge is -2.24. The summed E-state index contributed by atoms with van der Waals surface area (Å²) in [5.74, 6) is 1.14. The molecule has 0 spiro atoms. The van der Waals surface area contributed by atoms with Crippen LogP contribution in [0.25, 0.3) is 5.69 Å². The van der Waals surface area contributed by atoms with Gasteiger partial charge in [-0.15, -0.1) is 21.8 Å². The molecule has 4 atom stereocenters. The molecule has 1 aliphatic heterocycles. The van der Waals surface area contributed by atoms with Crippen molar-refractivity contribution in [3.63, 3.8) is 0 Å². The highest BCUT2D eigenvalue weighted by molar-refractivity contribution is 7.99. The number of benzene rings is 2. The number of carbonyl (C=O) groups excluding carboxylic acids is 1. The lowest BCUT2D eigenvalue weighted by Crippen LogP contribution is -2.38. The Balaban J connectivity index is 1.48.